The van der Waals surface area contributed by atoms with E-state index in [9.17, 15) is 9.90 Å². The van der Waals surface area contributed by atoms with Crippen LogP contribution in [-0.2, 0) is 12.8 Å². The third-order valence-corrected chi connectivity index (χ3v) is 5.76. The van der Waals surface area contributed by atoms with Gasteiger partial charge in [0.15, 0.2) is 0 Å². The lowest BCUT2D eigenvalue weighted by Gasteiger charge is -2.19. The van der Waals surface area contributed by atoms with Gasteiger partial charge in [-0.25, -0.2) is 0 Å². The van der Waals surface area contributed by atoms with Gasteiger partial charge in [0.2, 0.25) is 0 Å². The first kappa shape index (κ1) is 14.1. The molecule has 2 aliphatic rings. The number of nitrogens with one attached hydrogen (secondary N) is 1. The first-order chi connectivity index (χ1) is 9.63. The number of carbonyl (C=O) groups is 1. The van der Waals surface area contributed by atoms with Gasteiger partial charge in [0.25, 0.3) is 5.91 Å². The Morgan fingerprint density at radius 1 is 1.45 bits per heavy atom. The van der Waals surface area contributed by atoms with Crippen molar-refractivity contribution in [2.45, 2.75) is 51.6 Å². The number of thiophene rings is 1. The molecule has 0 saturated heterocycles. The van der Waals surface area contributed by atoms with Gasteiger partial charge in [0.05, 0.1) is 11.7 Å². The highest BCUT2D eigenvalue weighted by Crippen LogP contribution is 2.33. The predicted molar refractivity (Wildman–Crippen MR) is 81.2 cm³/mol. The third kappa shape index (κ3) is 2.91. The summed E-state index contributed by atoms with van der Waals surface area (Å²) in [5.41, 5.74) is 2.19. The fraction of sp³-hybridized carbons (Fsp3) is 0.688. The van der Waals surface area contributed by atoms with E-state index in [1.165, 1.54) is 16.9 Å². The molecule has 1 fully saturated rings. The van der Waals surface area contributed by atoms with Crippen LogP contribution in [0.2, 0.25) is 0 Å². The average Bonchev–Trinajstić information content (AvgIpc) is 3.01. The third-order valence-electron chi connectivity index (χ3n) is 4.71. The van der Waals surface area contributed by atoms with Crippen molar-refractivity contribution in [2.24, 2.45) is 11.8 Å². The van der Waals surface area contributed by atoms with E-state index in [4.69, 9.17) is 0 Å². The summed E-state index contributed by atoms with van der Waals surface area (Å²) in [7, 11) is 0. The standard InChI is InChI=1S/C16H23NO2S/c1-10-2-5-13-14(9-20-15(13)6-10)16(19)17-8-11-3-4-12(18)7-11/h9-12,18H,2-8H2,1H3,(H,17,19). The Bertz CT molecular complexity index is 497. The lowest BCUT2D eigenvalue weighted by atomic mass is 9.88. The smallest absolute Gasteiger partial charge is 0.252 e. The second-order valence-corrected chi connectivity index (χ2v) is 7.41. The summed E-state index contributed by atoms with van der Waals surface area (Å²) < 4.78 is 0. The van der Waals surface area contributed by atoms with Crippen LogP contribution >= 0.6 is 11.3 Å². The van der Waals surface area contributed by atoms with Crippen molar-refractivity contribution in [2.75, 3.05) is 6.54 Å². The van der Waals surface area contributed by atoms with E-state index in [2.05, 4.69) is 12.2 Å². The van der Waals surface area contributed by atoms with E-state index in [-0.39, 0.29) is 12.0 Å². The molecule has 1 heterocycles. The molecular weight excluding hydrogens is 270 g/mol. The highest BCUT2D eigenvalue weighted by atomic mass is 32.1. The fourth-order valence-electron chi connectivity index (χ4n) is 3.43. The molecule has 3 nitrogen and oxygen atoms in total. The van der Waals surface area contributed by atoms with E-state index in [1.54, 1.807) is 11.3 Å². The number of aliphatic hydroxyl groups excluding tert-OH is 1. The zero-order valence-corrected chi connectivity index (χ0v) is 12.8. The number of amides is 1. The molecule has 0 radical (unpaired) electrons. The van der Waals surface area contributed by atoms with Crippen molar-refractivity contribution in [3.63, 3.8) is 0 Å². The number of carbonyl (C=O) groups excluding carboxylic acids is 1. The summed E-state index contributed by atoms with van der Waals surface area (Å²) >= 11 is 1.74. The van der Waals surface area contributed by atoms with Gasteiger partial charge in [-0.3, -0.25) is 4.79 Å². The lowest BCUT2D eigenvalue weighted by Crippen LogP contribution is -2.29. The van der Waals surface area contributed by atoms with Crippen LogP contribution in [0.5, 0.6) is 0 Å². The zero-order chi connectivity index (χ0) is 14.1. The molecule has 1 aromatic rings. The van der Waals surface area contributed by atoms with E-state index in [0.717, 1.165) is 43.6 Å². The van der Waals surface area contributed by atoms with Crippen molar-refractivity contribution >= 4 is 17.2 Å². The molecule has 3 atom stereocenters. The van der Waals surface area contributed by atoms with E-state index < -0.39 is 0 Å². The van der Waals surface area contributed by atoms with Gasteiger partial charge in [-0.05, 0) is 55.9 Å². The molecule has 0 spiro atoms. The monoisotopic (exact) mass is 293 g/mol. The molecular formula is C16H23NO2S. The largest absolute Gasteiger partial charge is 0.393 e. The minimum Gasteiger partial charge on any atom is -0.393 e. The van der Waals surface area contributed by atoms with Gasteiger partial charge in [-0.1, -0.05) is 6.92 Å². The molecule has 0 bridgehead atoms. The Kier molecular flexibility index (Phi) is 4.13. The van der Waals surface area contributed by atoms with E-state index in [1.807, 2.05) is 5.38 Å². The van der Waals surface area contributed by atoms with Gasteiger partial charge >= 0.3 is 0 Å². The molecule has 0 aromatic carbocycles. The molecule has 2 N–H and O–H groups in total. The van der Waals surface area contributed by atoms with Gasteiger partial charge < -0.3 is 10.4 Å². The minimum atomic E-state index is -0.160. The summed E-state index contributed by atoms with van der Waals surface area (Å²) in [6, 6.07) is 0. The van der Waals surface area contributed by atoms with Crippen molar-refractivity contribution < 1.29 is 9.90 Å². The van der Waals surface area contributed by atoms with E-state index in [0.29, 0.717) is 12.5 Å². The Morgan fingerprint density at radius 2 is 2.30 bits per heavy atom. The molecule has 20 heavy (non-hydrogen) atoms. The molecule has 3 rings (SSSR count). The summed E-state index contributed by atoms with van der Waals surface area (Å²) in [4.78, 5) is 13.7. The molecule has 110 valence electrons. The molecule has 2 aliphatic carbocycles. The number of fused-ring (bicyclic) bond motifs is 1. The number of hydrogen-bond donors (Lipinski definition) is 2. The number of hydrogen-bond acceptors (Lipinski definition) is 3. The summed E-state index contributed by atoms with van der Waals surface area (Å²) in [5, 5.41) is 14.6. The van der Waals surface area contributed by atoms with Gasteiger partial charge in [0.1, 0.15) is 0 Å². The fourth-order valence-corrected chi connectivity index (χ4v) is 4.68. The van der Waals surface area contributed by atoms with Crippen LogP contribution in [0.3, 0.4) is 0 Å². The van der Waals surface area contributed by atoms with Crippen LogP contribution < -0.4 is 5.32 Å². The van der Waals surface area contributed by atoms with Gasteiger partial charge in [-0.2, -0.15) is 0 Å². The van der Waals surface area contributed by atoms with Crippen LogP contribution in [0.25, 0.3) is 0 Å². The first-order valence-electron chi connectivity index (χ1n) is 7.69. The van der Waals surface area contributed by atoms with Crippen molar-refractivity contribution in [3.05, 3.63) is 21.4 Å². The van der Waals surface area contributed by atoms with Gasteiger partial charge in [0, 0.05) is 16.8 Å². The highest BCUT2D eigenvalue weighted by Gasteiger charge is 2.25. The van der Waals surface area contributed by atoms with Crippen molar-refractivity contribution in [3.8, 4) is 0 Å². The Hall–Kier alpha value is -0.870. The van der Waals surface area contributed by atoms with Crippen LogP contribution in [0.15, 0.2) is 5.38 Å². The predicted octanol–water partition coefficient (Wildman–Crippen LogP) is 2.76. The zero-order valence-electron chi connectivity index (χ0n) is 12.0. The van der Waals surface area contributed by atoms with Crippen LogP contribution in [-0.4, -0.2) is 23.7 Å². The second-order valence-electron chi connectivity index (χ2n) is 6.44. The summed E-state index contributed by atoms with van der Waals surface area (Å²) in [6.45, 7) is 2.99. The maximum absolute atomic E-state index is 12.3. The Morgan fingerprint density at radius 3 is 3.05 bits per heavy atom. The quantitative estimate of drug-likeness (QED) is 0.900. The topological polar surface area (TPSA) is 49.3 Å². The van der Waals surface area contributed by atoms with Crippen LogP contribution in [0.1, 0.15) is 53.4 Å². The first-order valence-corrected chi connectivity index (χ1v) is 8.57. The Balaban J connectivity index is 1.60. The maximum Gasteiger partial charge on any atom is 0.252 e. The number of rotatable bonds is 3. The van der Waals surface area contributed by atoms with Crippen molar-refractivity contribution in [1.82, 2.24) is 5.32 Å². The summed E-state index contributed by atoms with van der Waals surface area (Å²) in [5.74, 6) is 1.28. The lowest BCUT2D eigenvalue weighted by molar-refractivity contribution is 0.0944. The number of aliphatic hydroxyl groups is 1. The highest BCUT2D eigenvalue weighted by molar-refractivity contribution is 7.10. The SMILES string of the molecule is CC1CCc2c(C(=O)NCC3CCC(O)C3)csc2C1. The normalized spacial score (nSPS) is 29.2. The van der Waals surface area contributed by atoms with Crippen molar-refractivity contribution in [1.29, 1.82) is 0 Å². The molecule has 1 aromatic heterocycles. The maximum atomic E-state index is 12.3. The van der Waals surface area contributed by atoms with Crippen LogP contribution in [0, 0.1) is 11.8 Å². The molecule has 1 amide bonds. The average molecular weight is 293 g/mol. The van der Waals surface area contributed by atoms with Crippen LogP contribution in [0.4, 0.5) is 0 Å². The molecule has 1 saturated carbocycles. The molecule has 4 heteroatoms. The van der Waals surface area contributed by atoms with E-state index >= 15 is 0 Å². The molecule has 0 aliphatic heterocycles. The van der Waals surface area contributed by atoms with Gasteiger partial charge in [-0.15, -0.1) is 11.3 Å². The minimum absolute atomic E-state index is 0.0819. The Labute approximate surface area is 124 Å². The molecule has 3 unspecified atom stereocenters. The second kappa shape index (κ2) is 5.86. The summed E-state index contributed by atoms with van der Waals surface area (Å²) in [6.07, 6.45) is 5.95.